The van der Waals surface area contributed by atoms with Crippen LogP contribution in [0.2, 0.25) is 5.02 Å². The fourth-order valence-electron chi connectivity index (χ4n) is 2.72. The first-order valence-electron chi connectivity index (χ1n) is 6.89. The Bertz CT molecular complexity index is 428. The number of carbonyl (C=O) groups excluding carboxylic acids is 1. The maximum atomic E-state index is 11.9. The van der Waals surface area contributed by atoms with E-state index in [9.17, 15) is 4.79 Å². The van der Waals surface area contributed by atoms with Crippen molar-refractivity contribution in [2.75, 3.05) is 0 Å². The maximum Gasteiger partial charge on any atom is 0.237 e. The number of carbonyl (C=O) groups is 1. The topological polar surface area (TPSA) is 55.1 Å². The number of rotatable bonds is 4. The third-order valence-corrected chi connectivity index (χ3v) is 4.06. The van der Waals surface area contributed by atoms with Crippen LogP contribution in [-0.4, -0.2) is 11.9 Å². The van der Waals surface area contributed by atoms with E-state index in [1.165, 1.54) is 12.8 Å². The summed E-state index contributed by atoms with van der Waals surface area (Å²) in [4.78, 5) is 11.9. The van der Waals surface area contributed by atoms with Crippen LogP contribution in [0.15, 0.2) is 24.3 Å². The molecule has 1 fully saturated rings. The number of hydrogen-bond acceptors (Lipinski definition) is 2. The molecular weight excluding hydrogens is 295 g/mol. The van der Waals surface area contributed by atoms with Gasteiger partial charge in [-0.15, -0.1) is 12.4 Å². The fourth-order valence-corrected chi connectivity index (χ4v) is 2.84. The van der Waals surface area contributed by atoms with Crippen molar-refractivity contribution in [1.82, 2.24) is 5.32 Å². The molecule has 0 spiro atoms. The molecule has 0 radical (unpaired) electrons. The molecule has 112 valence electrons. The zero-order valence-electron chi connectivity index (χ0n) is 11.6. The fraction of sp³-hybridized carbons (Fsp3) is 0.533. The van der Waals surface area contributed by atoms with Crippen molar-refractivity contribution in [1.29, 1.82) is 0 Å². The Morgan fingerprint density at radius 3 is 2.35 bits per heavy atom. The number of amides is 1. The van der Waals surface area contributed by atoms with E-state index in [1.807, 2.05) is 24.3 Å². The van der Waals surface area contributed by atoms with Gasteiger partial charge in [0.25, 0.3) is 0 Å². The number of hydrogen-bond donors (Lipinski definition) is 2. The van der Waals surface area contributed by atoms with Crippen LogP contribution in [0.1, 0.15) is 44.2 Å². The second-order valence-electron chi connectivity index (χ2n) is 5.37. The van der Waals surface area contributed by atoms with Gasteiger partial charge < -0.3 is 11.1 Å². The highest BCUT2D eigenvalue weighted by atomic mass is 35.5. The number of benzene rings is 1. The van der Waals surface area contributed by atoms with Crippen molar-refractivity contribution < 1.29 is 4.79 Å². The number of halogens is 2. The average molecular weight is 317 g/mol. The predicted molar refractivity (Wildman–Crippen MR) is 85.2 cm³/mol. The molecule has 1 saturated carbocycles. The van der Waals surface area contributed by atoms with E-state index in [0.29, 0.717) is 10.9 Å². The molecule has 20 heavy (non-hydrogen) atoms. The van der Waals surface area contributed by atoms with Crippen LogP contribution in [0.3, 0.4) is 0 Å². The largest absolute Gasteiger partial charge is 0.348 e. The van der Waals surface area contributed by atoms with Gasteiger partial charge in [-0.25, -0.2) is 0 Å². The zero-order chi connectivity index (χ0) is 13.8. The molecule has 1 aliphatic rings. The molecule has 0 heterocycles. The van der Waals surface area contributed by atoms with Gasteiger partial charge in [0.05, 0.1) is 12.1 Å². The van der Waals surface area contributed by atoms with Crippen LogP contribution in [0.4, 0.5) is 0 Å². The van der Waals surface area contributed by atoms with Crippen molar-refractivity contribution in [2.45, 2.75) is 44.7 Å². The molecule has 2 rings (SSSR count). The van der Waals surface area contributed by atoms with Crippen LogP contribution in [0, 0.1) is 5.92 Å². The molecule has 0 aromatic heterocycles. The maximum absolute atomic E-state index is 11.9. The van der Waals surface area contributed by atoms with Crippen LogP contribution >= 0.6 is 24.0 Å². The van der Waals surface area contributed by atoms with E-state index in [0.717, 1.165) is 18.4 Å². The Morgan fingerprint density at radius 1 is 1.30 bits per heavy atom. The Hall–Kier alpha value is -0.770. The van der Waals surface area contributed by atoms with Crippen molar-refractivity contribution >= 4 is 29.9 Å². The number of nitrogens with one attached hydrogen (secondary N) is 1. The molecule has 1 amide bonds. The van der Waals surface area contributed by atoms with Crippen LogP contribution in [0.25, 0.3) is 0 Å². The summed E-state index contributed by atoms with van der Waals surface area (Å²) >= 11 is 5.92. The van der Waals surface area contributed by atoms with Crippen LogP contribution in [0.5, 0.6) is 0 Å². The lowest BCUT2D eigenvalue weighted by molar-refractivity contribution is -0.123. The quantitative estimate of drug-likeness (QED) is 0.893. The molecule has 3 N–H and O–H groups in total. The Morgan fingerprint density at radius 2 is 1.85 bits per heavy atom. The highest BCUT2D eigenvalue weighted by Crippen LogP contribution is 2.36. The third kappa shape index (κ3) is 4.37. The van der Waals surface area contributed by atoms with E-state index in [1.54, 1.807) is 6.92 Å². The van der Waals surface area contributed by atoms with E-state index in [4.69, 9.17) is 17.3 Å². The Kier molecular flexibility index (Phi) is 6.80. The van der Waals surface area contributed by atoms with E-state index in [-0.39, 0.29) is 24.4 Å². The van der Waals surface area contributed by atoms with Gasteiger partial charge in [-0.3, -0.25) is 4.79 Å². The second kappa shape index (κ2) is 7.87. The van der Waals surface area contributed by atoms with E-state index >= 15 is 0 Å². The van der Waals surface area contributed by atoms with Gasteiger partial charge in [0.2, 0.25) is 5.91 Å². The lowest BCUT2D eigenvalue weighted by atomic mass is 9.91. The minimum atomic E-state index is -0.476. The van der Waals surface area contributed by atoms with Crippen molar-refractivity contribution in [3.05, 3.63) is 34.9 Å². The lowest BCUT2D eigenvalue weighted by Gasteiger charge is -2.26. The summed E-state index contributed by atoms with van der Waals surface area (Å²) in [5.74, 6) is 0.413. The first-order chi connectivity index (χ1) is 9.08. The van der Waals surface area contributed by atoms with Crippen molar-refractivity contribution in [3.63, 3.8) is 0 Å². The molecule has 3 nitrogen and oxygen atoms in total. The summed E-state index contributed by atoms with van der Waals surface area (Å²) in [5, 5.41) is 3.80. The van der Waals surface area contributed by atoms with Crippen LogP contribution in [-0.2, 0) is 4.79 Å². The summed E-state index contributed by atoms with van der Waals surface area (Å²) in [5.41, 5.74) is 6.77. The number of nitrogens with two attached hydrogens (primary N) is 1. The molecule has 5 heteroatoms. The standard InChI is InChI=1S/C15H21ClN2O.ClH/c1-10(17)15(19)18-14(11-4-2-3-5-11)12-6-8-13(16)9-7-12;/h6-11,14H,2-5,17H2,1H3,(H,18,19);1H/t10-,14?;/m1./s1. The minimum Gasteiger partial charge on any atom is -0.348 e. The minimum absolute atomic E-state index is 0. The second-order valence-corrected chi connectivity index (χ2v) is 5.81. The molecule has 2 atom stereocenters. The summed E-state index contributed by atoms with van der Waals surface area (Å²) in [6, 6.07) is 7.31. The molecule has 1 aromatic rings. The summed E-state index contributed by atoms with van der Waals surface area (Å²) in [6.07, 6.45) is 4.80. The molecule has 0 saturated heterocycles. The zero-order valence-corrected chi connectivity index (χ0v) is 13.2. The average Bonchev–Trinajstić information content (AvgIpc) is 2.90. The molecular formula is C15H22Cl2N2O. The molecule has 1 aromatic carbocycles. The SMILES string of the molecule is C[C@@H](N)C(=O)NC(c1ccc(Cl)cc1)C1CCCC1.Cl. The third-order valence-electron chi connectivity index (χ3n) is 3.81. The Labute approximate surface area is 131 Å². The van der Waals surface area contributed by atoms with Gasteiger partial charge in [-0.05, 0) is 43.4 Å². The van der Waals surface area contributed by atoms with E-state index in [2.05, 4.69) is 5.32 Å². The Balaban J connectivity index is 0.00000200. The van der Waals surface area contributed by atoms with Crippen molar-refractivity contribution in [2.24, 2.45) is 11.7 Å². The van der Waals surface area contributed by atoms with Gasteiger partial charge in [0, 0.05) is 5.02 Å². The normalized spacial score (nSPS) is 18.1. The molecule has 1 aliphatic carbocycles. The molecule has 1 unspecified atom stereocenters. The summed E-state index contributed by atoms with van der Waals surface area (Å²) in [6.45, 7) is 1.71. The molecule has 0 aliphatic heterocycles. The van der Waals surface area contributed by atoms with Gasteiger partial charge in [-0.2, -0.15) is 0 Å². The van der Waals surface area contributed by atoms with Gasteiger partial charge in [0.1, 0.15) is 0 Å². The van der Waals surface area contributed by atoms with E-state index < -0.39 is 6.04 Å². The monoisotopic (exact) mass is 316 g/mol. The van der Waals surface area contributed by atoms with Crippen molar-refractivity contribution in [3.8, 4) is 0 Å². The van der Waals surface area contributed by atoms with Gasteiger partial charge in [0.15, 0.2) is 0 Å². The van der Waals surface area contributed by atoms with Crippen LogP contribution < -0.4 is 11.1 Å². The predicted octanol–water partition coefficient (Wildman–Crippen LogP) is 3.46. The molecule has 0 bridgehead atoms. The van der Waals surface area contributed by atoms with Gasteiger partial charge >= 0.3 is 0 Å². The lowest BCUT2D eigenvalue weighted by Crippen LogP contribution is -2.42. The summed E-state index contributed by atoms with van der Waals surface area (Å²) in [7, 11) is 0. The summed E-state index contributed by atoms with van der Waals surface area (Å²) < 4.78 is 0. The smallest absolute Gasteiger partial charge is 0.237 e. The highest BCUT2D eigenvalue weighted by molar-refractivity contribution is 6.30. The highest BCUT2D eigenvalue weighted by Gasteiger charge is 2.28. The first-order valence-corrected chi connectivity index (χ1v) is 7.27. The first kappa shape index (κ1) is 17.3. The van der Waals surface area contributed by atoms with Gasteiger partial charge in [-0.1, -0.05) is 36.6 Å².